The van der Waals surface area contributed by atoms with Crippen LogP contribution in [0.4, 0.5) is 4.39 Å². The number of hydrogen-bond acceptors (Lipinski definition) is 4. The van der Waals surface area contributed by atoms with Crippen molar-refractivity contribution >= 4 is 16.0 Å². The summed E-state index contributed by atoms with van der Waals surface area (Å²) in [6, 6.07) is -1.38. The van der Waals surface area contributed by atoms with Crippen molar-refractivity contribution in [2.45, 2.75) is 32.3 Å². The third-order valence-corrected chi connectivity index (χ3v) is 5.15. The zero-order chi connectivity index (χ0) is 14.9. The minimum atomic E-state index is -3.78. The topological polar surface area (TPSA) is 72.5 Å². The molecule has 2 saturated carbocycles. The molecule has 20 heavy (non-hydrogen) atoms. The quantitative estimate of drug-likeness (QED) is 0.594. The number of carbonyl (C=O) groups is 1. The lowest BCUT2D eigenvalue weighted by atomic mass is 9.87. The summed E-state index contributed by atoms with van der Waals surface area (Å²) < 4.78 is 42.0. The molecule has 0 aliphatic heterocycles. The molecule has 0 aromatic rings. The molecule has 0 saturated heterocycles. The Morgan fingerprint density at radius 1 is 1.35 bits per heavy atom. The number of sulfonamides is 1. The van der Waals surface area contributed by atoms with Gasteiger partial charge in [0.15, 0.2) is 0 Å². The van der Waals surface area contributed by atoms with Crippen LogP contribution in [0.5, 0.6) is 0 Å². The molecule has 0 radical (unpaired) electrons. The summed E-state index contributed by atoms with van der Waals surface area (Å²) in [5, 5.41) is 0. The van der Waals surface area contributed by atoms with E-state index in [2.05, 4.69) is 11.3 Å². The Hall–Kier alpha value is -0.950. The average Bonchev–Trinajstić information content (AvgIpc) is 2.95. The van der Waals surface area contributed by atoms with Crippen LogP contribution in [0.3, 0.4) is 0 Å². The molecule has 2 aliphatic rings. The maximum atomic E-state index is 12.2. The van der Waals surface area contributed by atoms with Crippen molar-refractivity contribution in [3.05, 3.63) is 12.2 Å². The molecule has 0 aromatic carbocycles. The van der Waals surface area contributed by atoms with Gasteiger partial charge in [-0.25, -0.2) is 22.3 Å². The minimum Gasteiger partial charge on any atom is -0.459 e. The SMILES string of the molecule is C=C(C)C(=O)OC1CC2CC1CC2CNS(=O)(=O)CF. The van der Waals surface area contributed by atoms with Gasteiger partial charge in [0, 0.05) is 12.1 Å². The van der Waals surface area contributed by atoms with Gasteiger partial charge in [-0.05, 0) is 43.9 Å². The lowest BCUT2D eigenvalue weighted by Gasteiger charge is -2.27. The molecule has 4 atom stereocenters. The normalized spacial score (nSPS) is 32.3. The fraction of sp³-hybridized carbons (Fsp3) is 0.769. The Balaban J connectivity index is 1.83. The van der Waals surface area contributed by atoms with Gasteiger partial charge in [0.25, 0.3) is 0 Å². The van der Waals surface area contributed by atoms with E-state index in [0.717, 1.165) is 19.3 Å². The van der Waals surface area contributed by atoms with Crippen LogP contribution in [0.25, 0.3) is 0 Å². The second kappa shape index (κ2) is 5.81. The third-order valence-electron chi connectivity index (χ3n) is 4.25. The van der Waals surface area contributed by atoms with E-state index in [1.165, 1.54) is 0 Å². The van der Waals surface area contributed by atoms with Crippen molar-refractivity contribution in [2.75, 3.05) is 12.6 Å². The number of halogens is 1. The molecule has 0 heterocycles. The highest BCUT2D eigenvalue weighted by molar-refractivity contribution is 7.89. The van der Waals surface area contributed by atoms with Crippen molar-refractivity contribution in [1.82, 2.24) is 4.72 Å². The minimum absolute atomic E-state index is 0.0850. The second-order valence-corrected chi connectivity index (χ2v) is 7.52. The van der Waals surface area contributed by atoms with E-state index in [9.17, 15) is 17.6 Å². The molecule has 0 amide bonds. The Kier molecular flexibility index (Phi) is 4.49. The number of fused-ring (bicyclic) bond motifs is 2. The molecule has 2 bridgehead atoms. The average molecular weight is 305 g/mol. The van der Waals surface area contributed by atoms with Crippen LogP contribution < -0.4 is 4.72 Å². The Morgan fingerprint density at radius 3 is 2.55 bits per heavy atom. The molecule has 1 N–H and O–H groups in total. The van der Waals surface area contributed by atoms with E-state index < -0.39 is 16.0 Å². The standard InChI is InChI=1S/C13H20FNO4S/c1-8(2)13(16)19-12-5-9-3-10(12)4-11(9)6-15-20(17,18)7-14/h9-12,15H,1,3-7H2,2H3. The largest absolute Gasteiger partial charge is 0.459 e. The van der Waals surface area contributed by atoms with Crippen LogP contribution in [0.2, 0.25) is 0 Å². The molecule has 7 heteroatoms. The zero-order valence-electron chi connectivity index (χ0n) is 11.5. The molecule has 2 aliphatic carbocycles. The summed E-state index contributed by atoms with van der Waals surface area (Å²) in [6.45, 7) is 5.44. The van der Waals surface area contributed by atoms with Crippen LogP contribution in [0.1, 0.15) is 26.2 Å². The van der Waals surface area contributed by atoms with Crippen LogP contribution in [-0.4, -0.2) is 33.0 Å². The number of carbonyl (C=O) groups excluding carboxylic acids is 1. The third kappa shape index (κ3) is 3.38. The summed E-state index contributed by atoms with van der Waals surface area (Å²) in [4.78, 5) is 11.5. The van der Waals surface area contributed by atoms with E-state index in [1.807, 2.05) is 0 Å². The van der Waals surface area contributed by atoms with Crippen molar-refractivity contribution in [1.29, 1.82) is 0 Å². The molecular formula is C13H20FNO4S. The molecule has 0 aromatic heterocycles. The highest BCUT2D eigenvalue weighted by Gasteiger charge is 2.47. The van der Waals surface area contributed by atoms with Gasteiger partial charge in [-0.3, -0.25) is 0 Å². The van der Waals surface area contributed by atoms with Gasteiger partial charge in [0.1, 0.15) is 6.10 Å². The maximum Gasteiger partial charge on any atom is 0.333 e. The maximum absolute atomic E-state index is 12.2. The first-order chi connectivity index (χ1) is 9.32. The fourth-order valence-electron chi connectivity index (χ4n) is 3.25. The number of nitrogens with one attached hydrogen (secondary N) is 1. The van der Waals surface area contributed by atoms with Gasteiger partial charge in [0.2, 0.25) is 16.0 Å². The molecule has 114 valence electrons. The van der Waals surface area contributed by atoms with Crippen molar-refractivity contribution in [2.24, 2.45) is 17.8 Å². The highest BCUT2D eigenvalue weighted by atomic mass is 32.2. The zero-order valence-corrected chi connectivity index (χ0v) is 12.3. The van der Waals surface area contributed by atoms with E-state index >= 15 is 0 Å². The first kappa shape index (κ1) is 15.4. The van der Waals surface area contributed by atoms with Crippen molar-refractivity contribution < 1.29 is 22.3 Å². The van der Waals surface area contributed by atoms with E-state index in [-0.39, 0.29) is 30.5 Å². The first-order valence-electron chi connectivity index (χ1n) is 6.72. The van der Waals surface area contributed by atoms with Crippen LogP contribution in [-0.2, 0) is 19.6 Å². The molecule has 4 unspecified atom stereocenters. The predicted octanol–water partition coefficient (Wildman–Crippen LogP) is 1.37. The van der Waals surface area contributed by atoms with E-state index in [1.54, 1.807) is 6.92 Å². The van der Waals surface area contributed by atoms with Crippen molar-refractivity contribution in [3.63, 3.8) is 0 Å². The van der Waals surface area contributed by atoms with Crippen LogP contribution in [0.15, 0.2) is 12.2 Å². The monoisotopic (exact) mass is 305 g/mol. The Bertz CT molecular complexity index is 505. The van der Waals surface area contributed by atoms with Gasteiger partial charge in [0.05, 0.1) is 0 Å². The summed E-state index contributed by atoms with van der Waals surface area (Å²) in [6.07, 6.45) is 2.42. The number of hydrogen-bond donors (Lipinski definition) is 1. The summed E-state index contributed by atoms with van der Waals surface area (Å²) in [7, 11) is -3.78. The molecular weight excluding hydrogens is 285 g/mol. The number of ether oxygens (including phenoxy) is 1. The van der Waals surface area contributed by atoms with Crippen LogP contribution >= 0.6 is 0 Å². The first-order valence-corrected chi connectivity index (χ1v) is 8.37. The number of esters is 1. The summed E-state index contributed by atoms with van der Waals surface area (Å²) >= 11 is 0. The van der Waals surface area contributed by atoms with Gasteiger partial charge in [-0.15, -0.1) is 0 Å². The molecule has 0 spiro atoms. The Labute approximate surface area is 118 Å². The smallest absolute Gasteiger partial charge is 0.333 e. The fourth-order valence-corrected chi connectivity index (χ4v) is 3.79. The molecule has 5 nitrogen and oxygen atoms in total. The summed E-state index contributed by atoms with van der Waals surface area (Å²) in [5.41, 5.74) is 0.389. The second-order valence-electron chi connectivity index (χ2n) is 5.78. The molecule has 2 fully saturated rings. The lowest BCUT2D eigenvalue weighted by Crippen LogP contribution is -2.35. The summed E-state index contributed by atoms with van der Waals surface area (Å²) in [5.74, 6) is 0.465. The van der Waals surface area contributed by atoms with Gasteiger partial charge in [-0.1, -0.05) is 6.58 Å². The van der Waals surface area contributed by atoms with E-state index in [0.29, 0.717) is 11.5 Å². The van der Waals surface area contributed by atoms with Gasteiger partial charge in [-0.2, -0.15) is 0 Å². The van der Waals surface area contributed by atoms with Crippen LogP contribution in [0, 0.1) is 17.8 Å². The van der Waals surface area contributed by atoms with Gasteiger partial charge >= 0.3 is 5.97 Å². The number of alkyl halides is 1. The Morgan fingerprint density at radius 2 is 2.05 bits per heavy atom. The van der Waals surface area contributed by atoms with E-state index in [4.69, 9.17) is 4.74 Å². The predicted molar refractivity (Wildman–Crippen MR) is 71.9 cm³/mol. The van der Waals surface area contributed by atoms with Crippen molar-refractivity contribution in [3.8, 4) is 0 Å². The van der Waals surface area contributed by atoms with Gasteiger partial charge < -0.3 is 4.74 Å². The molecule has 2 rings (SSSR count). The number of rotatable bonds is 6. The lowest BCUT2D eigenvalue weighted by molar-refractivity contribution is -0.147. The highest BCUT2D eigenvalue weighted by Crippen LogP contribution is 2.49.